The third-order valence-electron chi connectivity index (χ3n) is 4.27. The summed E-state index contributed by atoms with van der Waals surface area (Å²) in [7, 11) is 1.61. The molecule has 7 heteroatoms. The number of pyridine rings is 1. The number of alkyl carbamates (subject to hydrolysis) is 1. The molecular formula is C19H17N3O3S. The van der Waals surface area contributed by atoms with Crippen LogP contribution in [0.4, 0.5) is 4.79 Å². The molecule has 6 nitrogen and oxygen atoms in total. The number of cyclic esters (lactones) is 1. The molecule has 3 heterocycles. The van der Waals surface area contributed by atoms with Gasteiger partial charge in [0.1, 0.15) is 11.8 Å². The molecule has 2 aromatic heterocycles. The van der Waals surface area contributed by atoms with E-state index in [1.165, 1.54) is 0 Å². The molecule has 1 aromatic carbocycles. The summed E-state index contributed by atoms with van der Waals surface area (Å²) in [6.45, 7) is 1.97. The zero-order chi connectivity index (χ0) is 18.1. The van der Waals surface area contributed by atoms with Crippen molar-refractivity contribution in [3.8, 4) is 17.0 Å². The van der Waals surface area contributed by atoms with Gasteiger partial charge in [-0.1, -0.05) is 12.1 Å². The van der Waals surface area contributed by atoms with E-state index in [0.29, 0.717) is 5.75 Å². The molecule has 2 atom stereocenters. The first kappa shape index (κ1) is 16.5. The third-order valence-corrected chi connectivity index (χ3v) is 5.04. The van der Waals surface area contributed by atoms with E-state index >= 15 is 0 Å². The lowest BCUT2D eigenvalue weighted by Gasteiger charge is -2.18. The van der Waals surface area contributed by atoms with Crippen LogP contribution in [0.1, 0.15) is 28.3 Å². The van der Waals surface area contributed by atoms with Crippen LogP contribution in [-0.2, 0) is 4.74 Å². The van der Waals surface area contributed by atoms with Crippen molar-refractivity contribution in [3.63, 3.8) is 0 Å². The fraction of sp³-hybridized carbons (Fsp3) is 0.211. The molecule has 1 saturated heterocycles. The summed E-state index contributed by atoms with van der Waals surface area (Å²) in [6, 6.07) is 9.19. The molecule has 3 aromatic rings. The summed E-state index contributed by atoms with van der Waals surface area (Å²) in [4.78, 5) is 20.8. The molecule has 1 amide bonds. The maximum Gasteiger partial charge on any atom is 0.408 e. The van der Waals surface area contributed by atoms with Crippen LogP contribution in [0.2, 0.25) is 0 Å². The maximum absolute atomic E-state index is 11.9. The minimum atomic E-state index is -0.452. The van der Waals surface area contributed by atoms with Crippen LogP contribution in [0.15, 0.2) is 48.1 Å². The number of thiazole rings is 1. The van der Waals surface area contributed by atoms with E-state index in [0.717, 1.165) is 27.4 Å². The Morgan fingerprint density at radius 1 is 1.23 bits per heavy atom. The van der Waals surface area contributed by atoms with Gasteiger partial charge >= 0.3 is 6.09 Å². The van der Waals surface area contributed by atoms with Crippen LogP contribution in [0, 0.1) is 6.92 Å². The minimum Gasteiger partial charge on any atom is -0.497 e. The van der Waals surface area contributed by atoms with Crippen LogP contribution in [0.3, 0.4) is 0 Å². The van der Waals surface area contributed by atoms with E-state index < -0.39 is 12.2 Å². The molecule has 132 valence electrons. The number of nitrogens with one attached hydrogen (secondary N) is 1. The number of ether oxygens (including phenoxy) is 2. The highest BCUT2D eigenvalue weighted by Crippen LogP contribution is 2.38. The van der Waals surface area contributed by atoms with Gasteiger partial charge in [-0.2, -0.15) is 0 Å². The second kappa shape index (κ2) is 6.76. The van der Waals surface area contributed by atoms with Gasteiger partial charge in [-0.05, 0) is 36.2 Å². The first-order chi connectivity index (χ1) is 12.6. The Balaban J connectivity index is 1.70. The molecule has 0 aliphatic carbocycles. The summed E-state index contributed by atoms with van der Waals surface area (Å²) < 4.78 is 10.8. The Morgan fingerprint density at radius 2 is 2.12 bits per heavy atom. The molecule has 1 aliphatic heterocycles. The van der Waals surface area contributed by atoms with E-state index in [-0.39, 0.29) is 6.04 Å². The van der Waals surface area contributed by atoms with E-state index in [4.69, 9.17) is 9.47 Å². The molecule has 0 saturated carbocycles. The van der Waals surface area contributed by atoms with Gasteiger partial charge in [0.05, 0.1) is 17.8 Å². The molecule has 0 unspecified atom stereocenters. The Hall–Kier alpha value is -2.93. The van der Waals surface area contributed by atoms with Gasteiger partial charge in [0.15, 0.2) is 6.10 Å². The van der Waals surface area contributed by atoms with Crippen molar-refractivity contribution in [2.75, 3.05) is 7.11 Å². The number of nitrogens with zero attached hydrogens (tertiary/aromatic N) is 2. The topological polar surface area (TPSA) is 73.3 Å². The van der Waals surface area contributed by atoms with E-state index in [1.54, 1.807) is 30.8 Å². The van der Waals surface area contributed by atoms with Gasteiger partial charge in [0, 0.05) is 23.3 Å². The van der Waals surface area contributed by atoms with Crippen molar-refractivity contribution in [2.45, 2.75) is 19.1 Å². The van der Waals surface area contributed by atoms with Crippen LogP contribution in [0.5, 0.6) is 5.75 Å². The minimum absolute atomic E-state index is 0.332. The highest BCUT2D eigenvalue weighted by molar-refractivity contribution is 7.09. The van der Waals surface area contributed by atoms with Crippen LogP contribution >= 0.6 is 11.3 Å². The Labute approximate surface area is 154 Å². The standard InChI is InChI=1S/C19H17N3O3S/c1-11-21-16(10-26-11)13-6-14(9-20-8-13)17-18(25-19(23)22-17)12-4-3-5-15(7-12)24-2/h3-10,17-18H,1-2H3,(H,22,23)/t17-,18-/m0/s1. The first-order valence-corrected chi connectivity index (χ1v) is 9.00. The molecule has 4 rings (SSSR count). The summed E-state index contributed by atoms with van der Waals surface area (Å²) in [6.07, 6.45) is 2.62. The number of hydrogen-bond donors (Lipinski definition) is 1. The lowest BCUT2D eigenvalue weighted by Crippen LogP contribution is -2.19. The molecule has 1 aliphatic rings. The van der Waals surface area contributed by atoms with Crippen molar-refractivity contribution < 1.29 is 14.3 Å². The second-order valence-corrected chi connectivity index (χ2v) is 7.05. The van der Waals surface area contributed by atoms with Gasteiger partial charge in [-0.15, -0.1) is 11.3 Å². The van der Waals surface area contributed by atoms with E-state index in [1.807, 2.05) is 42.6 Å². The molecule has 1 fully saturated rings. The number of rotatable bonds is 4. The fourth-order valence-corrected chi connectivity index (χ4v) is 3.64. The fourth-order valence-electron chi connectivity index (χ4n) is 3.02. The SMILES string of the molecule is COc1cccc([C@@H]2OC(=O)N[C@H]2c2cncc(-c3csc(C)n3)c2)c1. The Morgan fingerprint density at radius 3 is 2.88 bits per heavy atom. The van der Waals surface area contributed by atoms with Crippen molar-refractivity contribution in [1.29, 1.82) is 0 Å². The average molecular weight is 367 g/mol. The highest BCUT2D eigenvalue weighted by atomic mass is 32.1. The summed E-state index contributed by atoms with van der Waals surface area (Å²) in [5, 5.41) is 5.88. The van der Waals surface area contributed by atoms with Crippen LogP contribution in [-0.4, -0.2) is 23.2 Å². The van der Waals surface area contributed by atoms with Gasteiger partial charge in [0.25, 0.3) is 0 Å². The van der Waals surface area contributed by atoms with Crippen molar-refractivity contribution in [3.05, 3.63) is 64.2 Å². The van der Waals surface area contributed by atoms with Crippen LogP contribution in [0.25, 0.3) is 11.3 Å². The molecular weight excluding hydrogens is 350 g/mol. The number of hydrogen-bond acceptors (Lipinski definition) is 6. The zero-order valence-electron chi connectivity index (χ0n) is 14.3. The molecule has 0 spiro atoms. The lowest BCUT2D eigenvalue weighted by atomic mass is 9.96. The van der Waals surface area contributed by atoms with Gasteiger partial charge in [0.2, 0.25) is 0 Å². The van der Waals surface area contributed by atoms with Crippen molar-refractivity contribution in [1.82, 2.24) is 15.3 Å². The highest BCUT2D eigenvalue weighted by Gasteiger charge is 2.37. The molecule has 1 N–H and O–H groups in total. The van der Waals surface area contributed by atoms with Gasteiger partial charge < -0.3 is 14.8 Å². The predicted octanol–water partition coefficient (Wildman–Crippen LogP) is 4.04. The Bertz CT molecular complexity index is 956. The number of carbonyl (C=O) groups excluding carboxylic acids is 1. The number of benzene rings is 1. The third kappa shape index (κ3) is 3.13. The first-order valence-electron chi connectivity index (χ1n) is 8.12. The van der Waals surface area contributed by atoms with E-state index in [2.05, 4.69) is 15.3 Å². The molecule has 26 heavy (non-hydrogen) atoms. The van der Waals surface area contributed by atoms with Crippen molar-refractivity contribution >= 4 is 17.4 Å². The summed E-state index contributed by atoms with van der Waals surface area (Å²) in [5.41, 5.74) is 3.52. The van der Waals surface area contributed by atoms with Gasteiger partial charge in [-0.25, -0.2) is 9.78 Å². The number of methoxy groups -OCH3 is 1. The van der Waals surface area contributed by atoms with E-state index in [9.17, 15) is 4.79 Å². The lowest BCUT2D eigenvalue weighted by molar-refractivity contribution is 0.132. The average Bonchev–Trinajstić information content (AvgIpc) is 3.28. The maximum atomic E-state index is 11.9. The second-order valence-electron chi connectivity index (χ2n) is 5.98. The van der Waals surface area contributed by atoms with Crippen LogP contribution < -0.4 is 10.1 Å². The number of aryl methyl sites for hydroxylation is 1. The monoisotopic (exact) mass is 367 g/mol. The number of carbonyl (C=O) groups is 1. The number of aromatic nitrogens is 2. The normalized spacial score (nSPS) is 19.1. The Kier molecular flexibility index (Phi) is 4.30. The number of amides is 1. The quantitative estimate of drug-likeness (QED) is 0.753. The molecule has 0 radical (unpaired) electrons. The predicted molar refractivity (Wildman–Crippen MR) is 98.2 cm³/mol. The van der Waals surface area contributed by atoms with Crippen molar-refractivity contribution in [2.24, 2.45) is 0 Å². The van der Waals surface area contributed by atoms with Gasteiger partial charge in [-0.3, -0.25) is 4.98 Å². The molecule has 0 bridgehead atoms. The smallest absolute Gasteiger partial charge is 0.408 e. The summed E-state index contributed by atoms with van der Waals surface area (Å²) in [5.74, 6) is 0.717. The summed E-state index contributed by atoms with van der Waals surface area (Å²) >= 11 is 1.59. The largest absolute Gasteiger partial charge is 0.497 e. The zero-order valence-corrected chi connectivity index (χ0v) is 15.1.